The highest BCUT2D eigenvalue weighted by Crippen LogP contribution is 2.33. The molecule has 1 aromatic carbocycles. The highest BCUT2D eigenvalue weighted by Gasteiger charge is 2.31. The molecule has 0 bridgehead atoms. The first-order chi connectivity index (χ1) is 9.91. The highest BCUT2D eigenvalue weighted by molar-refractivity contribution is 5.46. The zero-order valence-electron chi connectivity index (χ0n) is 11.7. The van der Waals surface area contributed by atoms with Crippen LogP contribution < -0.4 is 4.74 Å². The van der Waals surface area contributed by atoms with Gasteiger partial charge in [-0.15, -0.1) is 0 Å². The van der Waals surface area contributed by atoms with Crippen LogP contribution in [-0.2, 0) is 6.18 Å². The van der Waals surface area contributed by atoms with Crippen LogP contribution in [0.25, 0.3) is 0 Å². The van der Waals surface area contributed by atoms with Gasteiger partial charge in [-0.25, -0.2) is 0 Å². The maximum atomic E-state index is 12.6. The second-order valence-corrected chi connectivity index (χ2v) is 5.31. The predicted molar refractivity (Wildman–Crippen MR) is 72.7 cm³/mol. The molecular weight excluding hydrogens is 279 g/mol. The van der Waals surface area contributed by atoms with Gasteiger partial charge < -0.3 is 4.74 Å². The Hall–Kier alpha value is -1.96. The third kappa shape index (κ3) is 3.78. The van der Waals surface area contributed by atoms with Gasteiger partial charge in [-0.3, -0.25) is 0 Å². The van der Waals surface area contributed by atoms with Crippen molar-refractivity contribution in [3.8, 4) is 11.8 Å². The molecule has 0 saturated heterocycles. The van der Waals surface area contributed by atoms with Crippen LogP contribution in [0.4, 0.5) is 13.2 Å². The van der Waals surface area contributed by atoms with E-state index in [0.717, 1.165) is 25.0 Å². The average Bonchev–Trinajstić information content (AvgIpc) is 2.45. The fourth-order valence-electron chi connectivity index (χ4n) is 2.36. The van der Waals surface area contributed by atoms with Crippen LogP contribution in [0.2, 0.25) is 0 Å². The SMILES string of the molecule is CC1CC=CCC1COc1ccc(C(F)(F)F)cc1C#N. The van der Waals surface area contributed by atoms with Gasteiger partial charge in [-0.1, -0.05) is 19.1 Å². The number of nitriles is 1. The first kappa shape index (κ1) is 15.4. The van der Waals surface area contributed by atoms with Gasteiger partial charge in [0.05, 0.1) is 17.7 Å². The van der Waals surface area contributed by atoms with E-state index in [1.807, 2.05) is 0 Å². The van der Waals surface area contributed by atoms with Gasteiger partial charge in [0.25, 0.3) is 0 Å². The van der Waals surface area contributed by atoms with E-state index >= 15 is 0 Å². The quantitative estimate of drug-likeness (QED) is 0.766. The molecule has 1 aromatic rings. The van der Waals surface area contributed by atoms with Gasteiger partial charge in [-0.2, -0.15) is 18.4 Å². The third-order valence-electron chi connectivity index (χ3n) is 3.80. The molecule has 0 fully saturated rings. The molecule has 0 aromatic heterocycles. The van der Waals surface area contributed by atoms with Crippen molar-refractivity contribution in [1.82, 2.24) is 0 Å². The smallest absolute Gasteiger partial charge is 0.416 e. The fraction of sp³-hybridized carbons (Fsp3) is 0.438. The van der Waals surface area contributed by atoms with Crippen molar-refractivity contribution in [3.05, 3.63) is 41.5 Å². The van der Waals surface area contributed by atoms with Gasteiger partial charge in [0.2, 0.25) is 0 Å². The van der Waals surface area contributed by atoms with Crippen LogP contribution in [0.3, 0.4) is 0 Å². The summed E-state index contributed by atoms with van der Waals surface area (Å²) in [6.45, 7) is 2.53. The largest absolute Gasteiger partial charge is 0.492 e. The molecule has 0 heterocycles. The zero-order chi connectivity index (χ0) is 15.5. The molecule has 0 amide bonds. The van der Waals surface area contributed by atoms with E-state index in [9.17, 15) is 13.2 Å². The molecule has 0 aliphatic heterocycles. The number of ether oxygens (including phenoxy) is 1. The monoisotopic (exact) mass is 295 g/mol. The first-order valence-corrected chi connectivity index (χ1v) is 6.81. The average molecular weight is 295 g/mol. The summed E-state index contributed by atoms with van der Waals surface area (Å²) in [6.07, 6.45) is 1.63. The van der Waals surface area contributed by atoms with Gasteiger partial charge in [-0.05, 0) is 42.9 Å². The summed E-state index contributed by atoms with van der Waals surface area (Å²) in [5, 5.41) is 8.99. The molecule has 112 valence electrons. The molecule has 2 atom stereocenters. The molecule has 2 unspecified atom stereocenters. The number of hydrogen-bond acceptors (Lipinski definition) is 2. The van der Waals surface area contributed by atoms with Gasteiger partial charge in [0.1, 0.15) is 11.8 Å². The van der Waals surface area contributed by atoms with Crippen LogP contribution >= 0.6 is 0 Å². The summed E-state index contributed by atoms with van der Waals surface area (Å²) in [7, 11) is 0. The Labute approximate surface area is 121 Å². The summed E-state index contributed by atoms with van der Waals surface area (Å²) in [5.41, 5.74) is -0.913. The first-order valence-electron chi connectivity index (χ1n) is 6.81. The minimum absolute atomic E-state index is 0.0798. The van der Waals surface area contributed by atoms with E-state index in [1.165, 1.54) is 6.07 Å². The molecule has 5 heteroatoms. The number of nitrogens with zero attached hydrogens (tertiary/aromatic N) is 1. The lowest BCUT2D eigenvalue weighted by Gasteiger charge is -2.25. The van der Waals surface area contributed by atoms with Crippen molar-refractivity contribution < 1.29 is 17.9 Å². The van der Waals surface area contributed by atoms with Crippen molar-refractivity contribution >= 4 is 0 Å². The molecular formula is C16H16F3NO. The van der Waals surface area contributed by atoms with E-state index in [-0.39, 0.29) is 11.3 Å². The lowest BCUT2D eigenvalue weighted by molar-refractivity contribution is -0.137. The van der Waals surface area contributed by atoms with Gasteiger partial charge in [0, 0.05) is 0 Å². The van der Waals surface area contributed by atoms with Crippen LogP contribution in [0.5, 0.6) is 5.75 Å². The summed E-state index contributed by atoms with van der Waals surface area (Å²) in [6, 6.07) is 4.77. The third-order valence-corrected chi connectivity index (χ3v) is 3.80. The van der Waals surface area contributed by atoms with E-state index < -0.39 is 11.7 Å². The number of benzene rings is 1. The van der Waals surface area contributed by atoms with E-state index in [4.69, 9.17) is 10.00 Å². The lowest BCUT2D eigenvalue weighted by Crippen LogP contribution is -2.21. The Balaban J connectivity index is 2.10. The van der Waals surface area contributed by atoms with Crippen molar-refractivity contribution in [3.63, 3.8) is 0 Å². The normalized spacial score (nSPS) is 21.9. The number of hydrogen-bond donors (Lipinski definition) is 0. The number of alkyl halides is 3. The summed E-state index contributed by atoms with van der Waals surface area (Å²) in [4.78, 5) is 0. The number of halogens is 3. The Morgan fingerprint density at radius 1 is 1.29 bits per heavy atom. The molecule has 2 rings (SSSR count). The van der Waals surface area contributed by atoms with Gasteiger partial charge >= 0.3 is 6.18 Å². The van der Waals surface area contributed by atoms with Gasteiger partial charge in [0.15, 0.2) is 0 Å². The summed E-state index contributed by atoms with van der Waals surface area (Å²) < 4.78 is 43.4. The Morgan fingerprint density at radius 2 is 2.00 bits per heavy atom. The second-order valence-electron chi connectivity index (χ2n) is 5.31. The van der Waals surface area contributed by atoms with Crippen molar-refractivity contribution in [2.75, 3.05) is 6.61 Å². The molecule has 2 nitrogen and oxygen atoms in total. The number of allylic oxidation sites excluding steroid dienone is 2. The molecule has 1 aliphatic rings. The summed E-state index contributed by atoms with van der Waals surface area (Å²) in [5.74, 6) is 1.01. The van der Waals surface area contributed by atoms with Crippen molar-refractivity contribution in [1.29, 1.82) is 5.26 Å². The molecule has 0 radical (unpaired) electrons. The van der Waals surface area contributed by atoms with Crippen LogP contribution in [0.1, 0.15) is 30.9 Å². The maximum absolute atomic E-state index is 12.6. The predicted octanol–water partition coefficient (Wildman–Crippen LogP) is 4.56. The zero-order valence-corrected chi connectivity index (χ0v) is 11.7. The van der Waals surface area contributed by atoms with Crippen LogP contribution in [-0.4, -0.2) is 6.61 Å². The molecule has 0 N–H and O–H groups in total. The lowest BCUT2D eigenvalue weighted by atomic mass is 9.85. The molecule has 1 aliphatic carbocycles. The molecule has 0 saturated carbocycles. The highest BCUT2D eigenvalue weighted by atomic mass is 19.4. The number of rotatable bonds is 3. The Morgan fingerprint density at radius 3 is 2.62 bits per heavy atom. The summed E-state index contributed by atoms with van der Waals surface area (Å²) >= 11 is 0. The molecule has 0 spiro atoms. The Bertz CT molecular complexity index is 572. The van der Waals surface area contributed by atoms with E-state index in [0.29, 0.717) is 18.4 Å². The fourth-order valence-corrected chi connectivity index (χ4v) is 2.36. The second kappa shape index (κ2) is 6.21. The van der Waals surface area contributed by atoms with E-state index in [2.05, 4.69) is 19.1 Å². The van der Waals surface area contributed by atoms with Crippen LogP contribution in [0.15, 0.2) is 30.4 Å². The molecule has 21 heavy (non-hydrogen) atoms. The van der Waals surface area contributed by atoms with Crippen molar-refractivity contribution in [2.24, 2.45) is 11.8 Å². The van der Waals surface area contributed by atoms with Crippen LogP contribution in [0, 0.1) is 23.2 Å². The minimum atomic E-state index is -4.45. The van der Waals surface area contributed by atoms with Crippen molar-refractivity contribution in [2.45, 2.75) is 25.9 Å². The minimum Gasteiger partial charge on any atom is -0.492 e. The standard InChI is InChI=1S/C16H16F3NO/c1-11-4-2-3-5-12(11)10-21-15-7-6-14(16(17,18)19)8-13(15)9-20/h2-3,6-8,11-12H,4-5,10H2,1H3. The maximum Gasteiger partial charge on any atom is 0.416 e. The Kier molecular flexibility index (Phi) is 4.56. The van der Waals surface area contributed by atoms with E-state index in [1.54, 1.807) is 6.07 Å². The topological polar surface area (TPSA) is 33.0 Å².